The highest BCUT2D eigenvalue weighted by Crippen LogP contribution is 2.43. The van der Waals surface area contributed by atoms with Gasteiger partial charge in [0.15, 0.2) is 0 Å². The summed E-state index contributed by atoms with van der Waals surface area (Å²) in [4.78, 5) is 14.6. The van der Waals surface area contributed by atoms with Gasteiger partial charge in [0, 0.05) is 24.0 Å². The van der Waals surface area contributed by atoms with Crippen molar-refractivity contribution in [1.82, 2.24) is 4.90 Å². The summed E-state index contributed by atoms with van der Waals surface area (Å²) < 4.78 is 38.7. The van der Waals surface area contributed by atoms with Gasteiger partial charge in [0.2, 0.25) is 5.91 Å². The molecule has 3 aliphatic rings. The van der Waals surface area contributed by atoms with Gasteiger partial charge in [-0.1, -0.05) is 6.42 Å². The number of alkyl halides is 3. The second-order valence-corrected chi connectivity index (χ2v) is 6.96. The van der Waals surface area contributed by atoms with E-state index in [0.29, 0.717) is 12.8 Å². The summed E-state index contributed by atoms with van der Waals surface area (Å²) in [6.07, 6.45) is 0.614. The van der Waals surface area contributed by atoms with Crippen LogP contribution in [0.5, 0.6) is 0 Å². The Labute approximate surface area is 123 Å². The average Bonchev–Trinajstić information content (AvgIpc) is 2.69. The monoisotopic (exact) mass is 304 g/mol. The molecular weight excluding hydrogens is 281 g/mol. The predicted octanol–water partition coefficient (Wildman–Crippen LogP) is 2.84. The molecule has 1 amide bonds. The van der Waals surface area contributed by atoms with E-state index in [-0.39, 0.29) is 36.9 Å². The van der Waals surface area contributed by atoms with Crippen molar-refractivity contribution in [3.05, 3.63) is 0 Å². The zero-order valence-electron chi connectivity index (χ0n) is 12.1. The van der Waals surface area contributed by atoms with Gasteiger partial charge in [0.05, 0.1) is 5.92 Å². The molecule has 0 spiro atoms. The van der Waals surface area contributed by atoms with Crippen LogP contribution in [0.15, 0.2) is 0 Å². The predicted molar refractivity (Wildman–Crippen MR) is 72.4 cm³/mol. The zero-order valence-corrected chi connectivity index (χ0v) is 12.1. The number of halogens is 3. The van der Waals surface area contributed by atoms with E-state index < -0.39 is 18.0 Å². The van der Waals surface area contributed by atoms with Gasteiger partial charge in [-0.3, -0.25) is 4.79 Å². The fourth-order valence-electron chi connectivity index (χ4n) is 4.50. The van der Waals surface area contributed by atoms with Crippen molar-refractivity contribution in [2.45, 2.75) is 75.7 Å². The highest BCUT2D eigenvalue weighted by molar-refractivity contribution is 5.80. The lowest BCUT2D eigenvalue weighted by molar-refractivity contribution is -0.187. The third kappa shape index (κ3) is 2.91. The van der Waals surface area contributed by atoms with Crippen molar-refractivity contribution in [2.75, 3.05) is 0 Å². The lowest BCUT2D eigenvalue weighted by Crippen LogP contribution is -2.52. The maximum absolute atomic E-state index is 12.9. The largest absolute Gasteiger partial charge is 0.391 e. The third-order valence-corrected chi connectivity index (χ3v) is 5.51. The van der Waals surface area contributed by atoms with Gasteiger partial charge in [0.25, 0.3) is 0 Å². The van der Waals surface area contributed by atoms with Crippen LogP contribution in [0.4, 0.5) is 13.2 Å². The number of amides is 1. The molecular formula is C15H23F3N2O. The summed E-state index contributed by atoms with van der Waals surface area (Å²) in [5, 5.41) is 0. The van der Waals surface area contributed by atoms with Gasteiger partial charge in [-0.15, -0.1) is 0 Å². The Balaban J connectivity index is 1.68. The number of carbonyl (C=O) groups excluding carboxylic acids is 1. The molecule has 2 saturated heterocycles. The summed E-state index contributed by atoms with van der Waals surface area (Å²) in [7, 11) is 0. The fraction of sp³-hybridized carbons (Fsp3) is 0.933. The van der Waals surface area contributed by atoms with Crippen molar-refractivity contribution >= 4 is 5.91 Å². The highest BCUT2D eigenvalue weighted by atomic mass is 19.4. The first-order valence-electron chi connectivity index (χ1n) is 8.00. The van der Waals surface area contributed by atoms with E-state index in [4.69, 9.17) is 5.73 Å². The molecule has 4 unspecified atom stereocenters. The van der Waals surface area contributed by atoms with E-state index in [0.717, 1.165) is 25.7 Å². The number of carbonyl (C=O) groups is 1. The van der Waals surface area contributed by atoms with E-state index in [1.165, 1.54) is 0 Å². The van der Waals surface area contributed by atoms with Crippen LogP contribution in [0.2, 0.25) is 0 Å². The lowest BCUT2D eigenvalue weighted by atomic mass is 9.79. The second-order valence-electron chi connectivity index (χ2n) is 6.96. The molecule has 2 bridgehead atoms. The van der Waals surface area contributed by atoms with E-state index in [2.05, 4.69) is 0 Å². The molecule has 0 aromatic rings. The maximum atomic E-state index is 12.9. The molecule has 3 rings (SSSR count). The number of nitrogens with two attached hydrogens (primary N) is 1. The molecule has 2 N–H and O–H groups in total. The van der Waals surface area contributed by atoms with Crippen LogP contribution in [0, 0.1) is 11.8 Å². The first-order valence-corrected chi connectivity index (χ1v) is 8.00. The summed E-state index contributed by atoms with van der Waals surface area (Å²) in [5.74, 6) is -1.78. The number of hydrogen-bond acceptors (Lipinski definition) is 2. The molecule has 0 aromatic heterocycles. The Morgan fingerprint density at radius 3 is 2.19 bits per heavy atom. The zero-order chi connectivity index (χ0) is 15.2. The first kappa shape index (κ1) is 15.1. The molecule has 1 saturated carbocycles. The van der Waals surface area contributed by atoms with Crippen molar-refractivity contribution in [2.24, 2.45) is 17.6 Å². The molecule has 0 radical (unpaired) electrons. The fourth-order valence-corrected chi connectivity index (χ4v) is 4.50. The first-order chi connectivity index (χ1) is 9.86. The SMILES string of the molecule is NC1CC2CCC(C1)N2C(=O)C1CCCC(C(F)(F)F)C1. The van der Waals surface area contributed by atoms with Crippen LogP contribution in [-0.4, -0.2) is 35.1 Å². The van der Waals surface area contributed by atoms with Crippen LogP contribution in [0.3, 0.4) is 0 Å². The Hall–Kier alpha value is -0.780. The highest BCUT2D eigenvalue weighted by Gasteiger charge is 2.48. The van der Waals surface area contributed by atoms with Crippen LogP contribution in [0.25, 0.3) is 0 Å². The van der Waals surface area contributed by atoms with Crippen molar-refractivity contribution in [3.63, 3.8) is 0 Å². The van der Waals surface area contributed by atoms with Crippen molar-refractivity contribution < 1.29 is 18.0 Å². The van der Waals surface area contributed by atoms with Gasteiger partial charge in [0.1, 0.15) is 0 Å². The van der Waals surface area contributed by atoms with Crippen LogP contribution in [-0.2, 0) is 4.79 Å². The standard InChI is InChI=1S/C15H23F3N2O/c16-15(17,18)10-3-1-2-9(6-10)14(21)20-12-4-5-13(20)8-11(19)7-12/h9-13H,1-8,19H2. The van der Waals surface area contributed by atoms with Gasteiger partial charge in [-0.05, 0) is 44.9 Å². The minimum Gasteiger partial charge on any atom is -0.336 e. The normalized spacial score (nSPS) is 40.4. The molecule has 21 heavy (non-hydrogen) atoms. The molecule has 3 fully saturated rings. The summed E-state index contributed by atoms with van der Waals surface area (Å²) in [5.41, 5.74) is 5.99. The average molecular weight is 304 g/mol. The lowest BCUT2D eigenvalue weighted by Gasteiger charge is -2.41. The Morgan fingerprint density at radius 2 is 1.62 bits per heavy atom. The minimum absolute atomic E-state index is 0.0235. The van der Waals surface area contributed by atoms with E-state index in [1.807, 2.05) is 4.90 Å². The van der Waals surface area contributed by atoms with Gasteiger partial charge in [-0.25, -0.2) is 0 Å². The maximum Gasteiger partial charge on any atom is 0.391 e. The molecule has 4 atom stereocenters. The molecule has 2 heterocycles. The van der Waals surface area contributed by atoms with Crippen molar-refractivity contribution in [1.29, 1.82) is 0 Å². The van der Waals surface area contributed by atoms with E-state index >= 15 is 0 Å². The molecule has 2 aliphatic heterocycles. The minimum atomic E-state index is -4.16. The molecule has 1 aliphatic carbocycles. The van der Waals surface area contributed by atoms with Gasteiger partial charge >= 0.3 is 6.18 Å². The summed E-state index contributed by atoms with van der Waals surface area (Å²) >= 11 is 0. The number of nitrogens with zero attached hydrogens (tertiary/aromatic N) is 1. The van der Waals surface area contributed by atoms with E-state index in [1.54, 1.807) is 0 Å². The Bertz CT molecular complexity index is 398. The Morgan fingerprint density at radius 1 is 1.00 bits per heavy atom. The Kier molecular flexibility index (Phi) is 3.93. The number of hydrogen-bond donors (Lipinski definition) is 1. The number of piperidine rings is 1. The smallest absolute Gasteiger partial charge is 0.336 e. The quantitative estimate of drug-likeness (QED) is 0.809. The van der Waals surface area contributed by atoms with Crippen molar-refractivity contribution in [3.8, 4) is 0 Å². The topological polar surface area (TPSA) is 46.3 Å². The number of fused-ring (bicyclic) bond motifs is 2. The molecule has 3 nitrogen and oxygen atoms in total. The molecule has 120 valence electrons. The van der Waals surface area contributed by atoms with Gasteiger partial charge in [-0.2, -0.15) is 13.2 Å². The number of rotatable bonds is 1. The van der Waals surface area contributed by atoms with Crippen LogP contribution < -0.4 is 5.73 Å². The van der Waals surface area contributed by atoms with Crippen LogP contribution in [0.1, 0.15) is 51.4 Å². The third-order valence-electron chi connectivity index (χ3n) is 5.51. The van der Waals surface area contributed by atoms with E-state index in [9.17, 15) is 18.0 Å². The summed E-state index contributed by atoms with van der Waals surface area (Å²) in [6, 6.07) is 0.468. The summed E-state index contributed by atoms with van der Waals surface area (Å²) in [6.45, 7) is 0. The second kappa shape index (κ2) is 5.45. The molecule has 0 aromatic carbocycles. The van der Waals surface area contributed by atoms with Crippen LogP contribution >= 0.6 is 0 Å². The molecule has 6 heteroatoms. The van der Waals surface area contributed by atoms with Gasteiger partial charge < -0.3 is 10.6 Å².